The molecular formula is C8H17N3. The fourth-order valence-electron chi connectivity index (χ4n) is 0.625. The van der Waals surface area contributed by atoms with Crippen LogP contribution in [-0.4, -0.2) is 11.7 Å². The third-order valence-corrected chi connectivity index (χ3v) is 2.54. The Morgan fingerprint density at radius 1 is 1.45 bits per heavy atom. The standard InChI is InChI=1S/C8H17N3/c1-5-7(2,3)8(4,10)11-6-9/h9H,5,10H2,1-4H3. The fourth-order valence-corrected chi connectivity index (χ4v) is 0.625. The normalized spacial score (nSPS) is 16.8. The molecule has 11 heavy (non-hydrogen) atoms. The van der Waals surface area contributed by atoms with Crippen molar-refractivity contribution in [2.45, 2.75) is 39.8 Å². The van der Waals surface area contributed by atoms with E-state index in [9.17, 15) is 0 Å². The Kier molecular flexibility index (Phi) is 2.97. The molecule has 0 aromatic rings. The number of nitrogens with zero attached hydrogens (tertiary/aromatic N) is 1. The molecule has 3 N–H and O–H groups in total. The van der Waals surface area contributed by atoms with Crippen molar-refractivity contribution in [2.24, 2.45) is 16.1 Å². The Bertz CT molecular complexity index is 176. The van der Waals surface area contributed by atoms with Gasteiger partial charge in [-0.25, -0.2) is 10.4 Å². The molecule has 0 spiro atoms. The minimum Gasteiger partial charge on any atom is -0.306 e. The summed E-state index contributed by atoms with van der Waals surface area (Å²) in [6.07, 6.45) is 0.936. The van der Waals surface area contributed by atoms with Crippen LogP contribution in [0.3, 0.4) is 0 Å². The first-order valence-electron chi connectivity index (χ1n) is 3.80. The molecule has 0 fully saturated rings. The van der Waals surface area contributed by atoms with E-state index in [-0.39, 0.29) is 5.41 Å². The molecular weight excluding hydrogens is 138 g/mol. The summed E-state index contributed by atoms with van der Waals surface area (Å²) in [4.78, 5) is 3.79. The molecule has 0 aliphatic rings. The molecule has 0 radical (unpaired) electrons. The number of aliphatic imine (C=N–C) groups is 1. The minimum atomic E-state index is -0.677. The van der Waals surface area contributed by atoms with Gasteiger partial charge in [-0.1, -0.05) is 20.8 Å². The van der Waals surface area contributed by atoms with Crippen LogP contribution in [0.15, 0.2) is 4.99 Å². The Balaban J connectivity index is 4.65. The van der Waals surface area contributed by atoms with Crippen LogP contribution in [0.25, 0.3) is 0 Å². The second-order valence-electron chi connectivity index (χ2n) is 3.61. The highest BCUT2D eigenvalue weighted by atomic mass is 15.0. The van der Waals surface area contributed by atoms with Crippen LogP contribution < -0.4 is 5.73 Å². The lowest BCUT2D eigenvalue weighted by molar-refractivity contribution is 0.185. The van der Waals surface area contributed by atoms with Gasteiger partial charge in [0.25, 0.3) is 0 Å². The first-order valence-corrected chi connectivity index (χ1v) is 3.80. The molecule has 0 rings (SSSR count). The molecule has 3 nitrogen and oxygen atoms in total. The van der Waals surface area contributed by atoms with Gasteiger partial charge in [-0.3, -0.25) is 0 Å². The predicted molar refractivity (Wildman–Crippen MR) is 46.8 cm³/mol. The van der Waals surface area contributed by atoms with Crippen LogP contribution in [0.5, 0.6) is 0 Å². The van der Waals surface area contributed by atoms with Gasteiger partial charge in [-0.05, 0) is 13.3 Å². The van der Waals surface area contributed by atoms with Crippen molar-refractivity contribution in [3.05, 3.63) is 0 Å². The van der Waals surface area contributed by atoms with Crippen molar-refractivity contribution in [3.8, 4) is 0 Å². The quantitative estimate of drug-likeness (QED) is 0.600. The summed E-state index contributed by atoms with van der Waals surface area (Å²) in [5, 5.41) is 6.72. The monoisotopic (exact) mass is 155 g/mol. The first-order chi connectivity index (χ1) is 4.87. The summed E-state index contributed by atoms with van der Waals surface area (Å²) in [6.45, 7) is 7.95. The van der Waals surface area contributed by atoms with E-state index in [0.717, 1.165) is 6.42 Å². The van der Waals surface area contributed by atoms with E-state index in [1.54, 1.807) is 0 Å². The van der Waals surface area contributed by atoms with Crippen LogP contribution in [0.1, 0.15) is 34.1 Å². The molecule has 64 valence electrons. The Labute approximate surface area is 68.2 Å². The molecule has 0 aliphatic heterocycles. The lowest BCUT2D eigenvalue weighted by Crippen LogP contribution is -2.48. The van der Waals surface area contributed by atoms with Crippen molar-refractivity contribution in [3.63, 3.8) is 0 Å². The molecule has 1 atom stereocenters. The smallest absolute Gasteiger partial charge is 0.121 e. The molecule has 0 aromatic heterocycles. The van der Waals surface area contributed by atoms with E-state index in [4.69, 9.17) is 11.1 Å². The van der Waals surface area contributed by atoms with Crippen LogP contribution in [0, 0.1) is 10.8 Å². The summed E-state index contributed by atoms with van der Waals surface area (Å²) in [7, 11) is 0. The number of nitrogens with two attached hydrogens (primary N) is 1. The van der Waals surface area contributed by atoms with Crippen molar-refractivity contribution in [2.75, 3.05) is 0 Å². The highest BCUT2D eigenvalue weighted by molar-refractivity contribution is 5.37. The van der Waals surface area contributed by atoms with Crippen molar-refractivity contribution < 1.29 is 0 Å². The first kappa shape index (κ1) is 10.3. The predicted octanol–water partition coefficient (Wildman–Crippen LogP) is 1.85. The molecule has 3 heteroatoms. The van der Waals surface area contributed by atoms with Gasteiger partial charge < -0.3 is 5.73 Å². The van der Waals surface area contributed by atoms with Crippen molar-refractivity contribution in [1.82, 2.24) is 0 Å². The molecule has 1 unspecified atom stereocenters. The maximum Gasteiger partial charge on any atom is 0.121 e. The topological polar surface area (TPSA) is 62.2 Å². The van der Waals surface area contributed by atoms with E-state index in [1.165, 1.54) is 0 Å². The summed E-state index contributed by atoms with van der Waals surface area (Å²) >= 11 is 0. The number of hydrogen-bond donors (Lipinski definition) is 2. The molecule has 0 saturated heterocycles. The highest BCUT2D eigenvalue weighted by Gasteiger charge is 2.35. The van der Waals surface area contributed by atoms with Crippen LogP contribution in [0.4, 0.5) is 0 Å². The van der Waals surface area contributed by atoms with Gasteiger partial charge >= 0.3 is 0 Å². The Morgan fingerprint density at radius 2 is 1.91 bits per heavy atom. The highest BCUT2D eigenvalue weighted by Crippen LogP contribution is 2.32. The average molecular weight is 155 g/mol. The summed E-state index contributed by atoms with van der Waals surface area (Å²) in [6, 6.07) is 2.00. The maximum atomic E-state index is 6.72. The summed E-state index contributed by atoms with van der Waals surface area (Å²) in [5.74, 6) is 0. The lowest BCUT2D eigenvalue weighted by atomic mass is 9.78. The summed E-state index contributed by atoms with van der Waals surface area (Å²) in [5.41, 5.74) is 5.11. The Hall–Kier alpha value is -0.660. The van der Waals surface area contributed by atoms with E-state index in [1.807, 2.05) is 26.8 Å². The largest absolute Gasteiger partial charge is 0.306 e. The number of hydrogen-bond acceptors (Lipinski definition) is 3. The van der Waals surface area contributed by atoms with Crippen LogP contribution in [0.2, 0.25) is 0 Å². The van der Waals surface area contributed by atoms with Gasteiger partial charge in [0.2, 0.25) is 0 Å². The maximum absolute atomic E-state index is 6.72. The zero-order valence-corrected chi connectivity index (χ0v) is 7.73. The van der Waals surface area contributed by atoms with Crippen molar-refractivity contribution in [1.29, 1.82) is 5.41 Å². The third kappa shape index (κ3) is 2.14. The van der Waals surface area contributed by atoms with Gasteiger partial charge in [0.1, 0.15) is 5.66 Å². The zero-order valence-electron chi connectivity index (χ0n) is 7.73. The fraction of sp³-hybridized carbons (Fsp3) is 0.875. The molecule has 0 aliphatic carbocycles. The molecule has 0 bridgehead atoms. The Morgan fingerprint density at radius 3 is 2.18 bits per heavy atom. The molecule has 0 aromatic carbocycles. The zero-order chi connectivity index (χ0) is 9.12. The van der Waals surface area contributed by atoms with Crippen molar-refractivity contribution >= 4 is 6.01 Å². The van der Waals surface area contributed by atoms with Crippen LogP contribution >= 0.6 is 0 Å². The van der Waals surface area contributed by atoms with E-state index in [0.29, 0.717) is 0 Å². The lowest BCUT2D eigenvalue weighted by Gasteiger charge is -2.36. The molecule has 0 amide bonds. The molecule has 0 saturated carbocycles. The van der Waals surface area contributed by atoms with Gasteiger partial charge in [0.05, 0.1) is 6.01 Å². The van der Waals surface area contributed by atoms with Gasteiger partial charge in [-0.15, -0.1) is 0 Å². The second kappa shape index (κ2) is 3.16. The average Bonchev–Trinajstić information content (AvgIpc) is 1.87. The van der Waals surface area contributed by atoms with Crippen LogP contribution in [-0.2, 0) is 0 Å². The second-order valence-corrected chi connectivity index (χ2v) is 3.61. The van der Waals surface area contributed by atoms with E-state index < -0.39 is 5.66 Å². The van der Waals surface area contributed by atoms with Gasteiger partial charge in [0.15, 0.2) is 0 Å². The third-order valence-electron chi connectivity index (χ3n) is 2.54. The van der Waals surface area contributed by atoms with E-state index >= 15 is 0 Å². The van der Waals surface area contributed by atoms with Gasteiger partial charge in [0, 0.05) is 5.41 Å². The number of rotatable bonds is 3. The minimum absolute atomic E-state index is 0.0823. The van der Waals surface area contributed by atoms with Gasteiger partial charge in [-0.2, -0.15) is 0 Å². The van der Waals surface area contributed by atoms with E-state index in [2.05, 4.69) is 11.9 Å². The molecule has 0 heterocycles. The summed E-state index contributed by atoms with van der Waals surface area (Å²) < 4.78 is 0. The number of nitrogens with one attached hydrogen (secondary N) is 1. The SMILES string of the molecule is CCC(C)(C)C(C)(N)N=C=N.